The van der Waals surface area contributed by atoms with Crippen LogP contribution in [0.5, 0.6) is 23.0 Å². The van der Waals surface area contributed by atoms with Gasteiger partial charge in [-0.1, -0.05) is 12.1 Å². The number of phenols is 1. The molecule has 8 nitrogen and oxygen atoms in total. The minimum absolute atomic E-state index is 0.00262. The number of aromatic hydroxyl groups is 1. The largest absolute Gasteiger partial charge is 0.504 e. The predicted octanol–water partition coefficient (Wildman–Crippen LogP) is 4.95. The summed E-state index contributed by atoms with van der Waals surface area (Å²) >= 11 is 0. The van der Waals surface area contributed by atoms with E-state index in [1.54, 1.807) is 40.2 Å². The third-order valence-electron chi connectivity index (χ3n) is 6.97. The van der Waals surface area contributed by atoms with Crippen molar-refractivity contribution in [3.05, 3.63) is 58.8 Å². The Labute approximate surface area is 216 Å². The summed E-state index contributed by atoms with van der Waals surface area (Å²) in [6.45, 7) is 5.91. The van der Waals surface area contributed by atoms with Crippen molar-refractivity contribution >= 4 is 17.5 Å². The van der Waals surface area contributed by atoms with Gasteiger partial charge in [0, 0.05) is 23.7 Å². The smallest absolute Gasteiger partial charge is 0.336 e. The van der Waals surface area contributed by atoms with E-state index in [9.17, 15) is 14.7 Å². The highest BCUT2D eigenvalue weighted by Gasteiger charge is 2.46. The number of aliphatic imine (C=N–C) groups is 1. The van der Waals surface area contributed by atoms with Crippen molar-refractivity contribution in [3.63, 3.8) is 0 Å². The van der Waals surface area contributed by atoms with E-state index < -0.39 is 17.8 Å². The molecule has 0 spiro atoms. The van der Waals surface area contributed by atoms with Crippen molar-refractivity contribution < 1.29 is 33.6 Å². The van der Waals surface area contributed by atoms with Gasteiger partial charge >= 0.3 is 5.97 Å². The minimum atomic E-state index is -0.612. The first kappa shape index (κ1) is 26.3. The number of fused-ring (bicyclic) bond motifs is 1. The number of rotatable bonds is 8. The Morgan fingerprint density at radius 1 is 0.946 bits per heavy atom. The van der Waals surface area contributed by atoms with Crippen LogP contribution in [0, 0.1) is 5.92 Å². The summed E-state index contributed by atoms with van der Waals surface area (Å²) in [5.41, 5.74) is 3.28. The van der Waals surface area contributed by atoms with Gasteiger partial charge in [-0.05, 0) is 68.5 Å². The van der Waals surface area contributed by atoms with E-state index in [1.165, 1.54) is 6.07 Å². The number of carbonyl (C=O) groups is 2. The van der Waals surface area contributed by atoms with Gasteiger partial charge in [0.1, 0.15) is 5.78 Å². The van der Waals surface area contributed by atoms with Crippen LogP contribution >= 0.6 is 0 Å². The molecular weight excluding hydrogens is 474 g/mol. The molecule has 4 rings (SSSR count). The molecule has 1 saturated carbocycles. The van der Waals surface area contributed by atoms with Gasteiger partial charge < -0.3 is 24.1 Å². The molecule has 0 radical (unpaired) electrons. The number of hydrogen-bond acceptors (Lipinski definition) is 8. The Balaban J connectivity index is 1.78. The lowest BCUT2D eigenvalue weighted by Crippen LogP contribution is -2.41. The van der Waals surface area contributed by atoms with E-state index in [0.29, 0.717) is 53.5 Å². The van der Waals surface area contributed by atoms with Crippen LogP contribution in [0.2, 0.25) is 0 Å². The topological polar surface area (TPSA) is 104 Å². The summed E-state index contributed by atoms with van der Waals surface area (Å²) in [6.07, 6.45) is 0.855. The fourth-order valence-corrected chi connectivity index (χ4v) is 5.35. The summed E-state index contributed by atoms with van der Waals surface area (Å²) < 4.78 is 21.8. The molecule has 2 aromatic carbocycles. The maximum Gasteiger partial charge on any atom is 0.336 e. The van der Waals surface area contributed by atoms with Crippen LogP contribution in [-0.2, 0) is 14.3 Å². The maximum atomic E-state index is 13.8. The van der Waals surface area contributed by atoms with Gasteiger partial charge in [0.25, 0.3) is 0 Å². The van der Waals surface area contributed by atoms with E-state index in [0.717, 1.165) is 11.3 Å². The van der Waals surface area contributed by atoms with Gasteiger partial charge in [-0.3, -0.25) is 9.79 Å². The highest BCUT2D eigenvalue weighted by atomic mass is 16.5. The molecule has 37 heavy (non-hydrogen) atoms. The zero-order valence-electron chi connectivity index (χ0n) is 21.9. The van der Waals surface area contributed by atoms with Crippen LogP contribution in [-0.4, -0.2) is 50.0 Å². The first-order valence-corrected chi connectivity index (χ1v) is 12.5. The lowest BCUT2D eigenvalue weighted by Gasteiger charge is -2.38. The number of carbonyl (C=O) groups excluding carboxylic acids is 2. The zero-order chi connectivity index (χ0) is 26.7. The molecule has 1 N–H and O–H groups in total. The predicted molar refractivity (Wildman–Crippen MR) is 139 cm³/mol. The standard InChI is InChI=1S/C29H33NO7/c1-6-36-24-15-18(8-10-21(24)31)27-26(29(33)37-7-2)16(3)30-20-12-19(13-22(32)28(20)27)17-9-11-23(34-4)25(14-17)35-5/h8-11,14-15,19,27-28,31H,6-7,12-13H2,1-5H3/t19-,27-,28?/m1/s1. The molecule has 0 saturated heterocycles. The summed E-state index contributed by atoms with van der Waals surface area (Å²) in [5, 5.41) is 10.3. The molecule has 1 aliphatic carbocycles. The van der Waals surface area contributed by atoms with Gasteiger partial charge in [0.05, 0.1) is 38.9 Å². The average Bonchev–Trinajstić information content (AvgIpc) is 2.88. The maximum absolute atomic E-state index is 13.8. The second-order valence-electron chi connectivity index (χ2n) is 9.12. The molecule has 8 heteroatoms. The molecule has 0 aromatic heterocycles. The van der Waals surface area contributed by atoms with Gasteiger partial charge in [0.15, 0.2) is 23.0 Å². The second-order valence-corrected chi connectivity index (χ2v) is 9.12. The number of hydrogen-bond donors (Lipinski definition) is 1. The van der Waals surface area contributed by atoms with Crippen LogP contribution in [0.4, 0.5) is 0 Å². The average molecular weight is 508 g/mol. The molecule has 0 amide bonds. The van der Waals surface area contributed by atoms with Gasteiger partial charge in [-0.25, -0.2) is 4.79 Å². The normalized spacial score (nSPS) is 21.2. The number of ketones is 1. The third-order valence-corrected chi connectivity index (χ3v) is 6.97. The van der Waals surface area contributed by atoms with Crippen LogP contribution in [0.1, 0.15) is 56.6 Å². The highest BCUT2D eigenvalue weighted by Crippen LogP contribution is 2.47. The Morgan fingerprint density at radius 2 is 1.65 bits per heavy atom. The second kappa shape index (κ2) is 11.1. The molecule has 1 heterocycles. The molecule has 0 bridgehead atoms. The molecule has 1 aliphatic heterocycles. The van der Waals surface area contributed by atoms with Crippen LogP contribution in [0.15, 0.2) is 52.7 Å². The number of nitrogens with zero attached hydrogens (tertiary/aromatic N) is 1. The van der Waals surface area contributed by atoms with Crippen molar-refractivity contribution in [2.45, 2.75) is 45.4 Å². The summed E-state index contributed by atoms with van der Waals surface area (Å²) in [6, 6.07) is 10.6. The van der Waals surface area contributed by atoms with Gasteiger partial charge in [-0.2, -0.15) is 0 Å². The number of methoxy groups -OCH3 is 2. The molecular formula is C29H33NO7. The van der Waals surface area contributed by atoms with E-state index in [1.807, 2.05) is 25.1 Å². The van der Waals surface area contributed by atoms with E-state index >= 15 is 0 Å². The van der Waals surface area contributed by atoms with E-state index in [-0.39, 0.29) is 24.1 Å². The van der Waals surface area contributed by atoms with Crippen molar-refractivity contribution in [1.82, 2.24) is 0 Å². The lowest BCUT2D eigenvalue weighted by atomic mass is 9.66. The summed E-state index contributed by atoms with van der Waals surface area (Å²) in [7, 11) is 3.17. The lowest BCUT2D eigenvalue weighted by molar-refractivity contribution is -0.139. The first-order valence-electron chi connectivity index (χ1n) is 12.5. The van der Waals surface area contributed by atoms with Crippen molar-refractivity contribution in [2.24, 2.45) is 10.9 Å². The van der Waals surface area contributed by atoms with Crippen molar-refractivity contribution in [1.29, 1.82) is 0 Å². The molecule has 196 valence electrons. The Morgan fingerprint density at radius 3 is 2.32 bits per heavy atom. The molecule has 1 unspecified atom stereocenters. The number of Topliss-reactive ketones (excluding diaryl/α,β-unsaturated/α-hetero) is 1. The zero-order valence-corrected chi connectivity index (χ0v) is 21.9. The van der Waals surface area contributed by atoms with Crippen LogP contribution in [0.3, 0.4) is 0 Å². The number of ether oxygens (including phenoxy) is 4. The molecule has 1 fully saturated rings. The number of phenolic OH excluding ortho intramolecular Hbond substituents is 1. The number of benzene rings is 2. The Bertz CT molecular complexity index is 1260. The third kappa shape index (κ3) is 5.05. The van der Waals surface area contributed by atoms with Crippen molar-refractivity contribution in [3.8, 4) is 23.0 Å². The number of allylic oxidation sites excluding steroid dienone is 1. The first-order chi connectivity index (χ1) is 17.8. The molecule has 3 atom stereocenters. The fourth-order valence-electron chi connectivity index (χ4n) is 5.35. The van der Waals surface area contributed by atoms with E-state index in [2.05, 4.69) is 0 Å². The van der Waals surface area contributed by atoms with Crippen molar-refractivity contribution in [2.75, 3.05) is 27.4 Å². The molecule has 2 aliphatic rings. The minimum Gasteiger partial charge on any atom is -0.504 e. The quantitative estimate of drug-likeness (QED) is 0.505. The SMILES string of the molecule is CCOC(=O)C1=C(C)N=C2C[C@@H](c3ccc(OC)c(OC)c3)CC(=O)C2[C@@H]1c1ccc(O)c(OCC)c1. The Kier molecular flexibility index (Phi) is 7.86. The summed E-state index contributed by atoms with van der Waals surface area (Å²) in [4.78, 5) is 31.7. The van der Waals surface area contributed by atoms with Crippen LogP contribution < -0.4 is 14.2 Å². The molecule has 2 aromatic rings. The Hall–Kier alpha value is -3.81. The van der Waals surface area contributed by atoms with Gasteiger partial charge in [-0.15, -0.1) is 0 Å². The van der Waals surface area contributed by atoms with Gasteiger partial charge in [0.2, 0.25) is 0 Å². The van der Waals surface area contributed by atoms with E-state index in [4.69, 9.17) is 23.9 Å². The fraction of sp³-hybridized carbons (Fsp3) is 0.414. The van der Waals surface area contributed by atoms with Crippen LogP contribution in [0.25, 0.3) is 0 Å². The highest BCUT2D eigenvalue weighted by molar-refractivity contribution is 6.12. The monoisotopic (exact) mass is 507 g/mol. The number of esters is 1. The summed E-state index contributed by atoms with van der Waals surface area (Å²) in [5.74, 6) is -0.261.